The maximum atomic E-state index is 13.4. The maximum absolute atomic E-state index is 13.4. The number of benzene rings is 3. The first-order chi connectivity index (χ1) is 20.6. The van der Waals surface area contributed by atoms with E-state index in [-0.39, 0.29) is 17.3 Å². The van der Waals surface area contributed by atoms with Gasteiger partial charge in [0.15, 0.2) is 5.69 Å². The summed E-state index contributed by atoms with van der Waals surface area (Å²) in [6.07, 6.45) is 0. The van der Waals surface area contributed by atoms with E-state index in [2.05, 4.69) is 60.3 Å². The number of carbonyl (C=O) groups is 1. The van der Waals surface area contributed by atoms with Gasteiger partial charge in [0.1, 0.15) is 18.1 Å². The van der Waals surface area contributed by atoms with E-state index >= 15 is 0 Å². The zero-order valence-corrected chi connectivity index (χ0v) is 22.9. The Hall–Kier alpha value is -5.14. The summed E-state index contributed by atoms with van der Waals surface area (Å²) in [7, 11) is 0. The highest BCUT2D eigenvalue weighted by atomic mass is 16.6. The number of nitrogens with zero attached hydrogens (tertiary/aromatic N) is 7. The molecular formula is C29H29N9O4. The molecule has 1 amide bonds. The summed E-state index contributed by atoms with van der Waals surface area (Å²) in [6.45, 7) is 5.26. The van der Waals surface area contributed by atoms with Gasteiger partial charge in [-0.1, -0.05) is 47.7 Å². The number of morpholine rings is 1. The first-order valence-electron chi connectivity index (χ1n) is 13.4. The van der Waals surface area contributed by atoms with Gasteiger partial charge >= 0.3 is 0 Å². The minimum atomic E-state index is -0.528. The van der Waals surface area contributed by atoms with Crippen molar-refractivity contribution < 1.29 is 18.9 Å². The Balaban J connectivity index is 1.15. The molecule has 42 heavy (non-hydrogen) atoms. The third-order valence-corrected chi connectivity index (χ3v) is 7.00. The van der Waals surface area contributed by atoms with Crippen molar-refractivity contribution in [3.63, 3.8) is 0 Å². The third kappa shape index (κ3) is 5.82. The van der Waals surface area contributed by atoms with E-state index in [1.807, 2.05) is 42.5 Å². The molecule has 0 unspecified atom stereocenters. The summed E-state index contributed by atoms with van der Waals surface area (Å²) in [6, 6.07) is 22.0. The number of hydrazone groups is 1. The Bertz CT molecular complexity index is 1720. The molecule has 3 N–H and O–H groups in total. The topological polar surface area (TPSA) is 159 Å². The van der Waals surface area contributed by atoms with Crippen LogP contribution >= 0.6 is 0 Å². The summed E-state index contributed by atoms with van der Waals surface area (Å²) >= 11 is 0. The predicted octanol–water partition coefficient (Wildman–Crippen LogP) is 2.95. The lowest BCUT2D eigenvalue weighted by molar-refractivity contribution is 0.0335. The van der Waals surface area contributed by atoms with Crippen molar-refractivity contribution >= 4 is 28.2 Å². The number of ether oxygens (including phenoxy) is 2. The lowest BCUT2D eigenvalue weighted by atomic mass is 10.1. The monoisotopic (exact) mass is 567 g/mol. The molecule has 2 aromatic heterocycles. The van der Waals surface area contributed by atoms with Gasteiger partial charge in [0.2, 0.25) is 11.6 Å². The van der Waals surface area contributed by atoms with Crippen LogP contribution in [-0.4, -0.2) is 68.1 Å². The summed E-state index contributed by atoms with van der Waals surface area (Å²) in [5, 5.41) is 22.4. The fraction of sp³-hybridized carbons (Fsp3) is 0.241. The molecule has 1 aliphatic rings. The molecule has 13 heteroatoms. The highest BCUT2D eigenvalue weighted by molar-refractivity contribution is 6.01. The number of aromatic nitrogens is 5. The smallest absolute Gasteiger partial charge is 0.292 e. The van der Waals surface area contributed by atoms with E-state index in [1.165, 1.54) is 15.5 Å². The Morgan fingerprint density at radius 3 is 2.62 bits per heavy atom. The number of amides is 1. The van der Waals surface area contributed by atoms with Crippen molar-refractivity contribution in [1.82, 2.24) is 35.6 Å². The van der Waals surface area contributed by atoms with Crippen molar-refractivity contribution in [2.24, 2.45) is 5.10 Å². The molecular weight excluding hydrogens is 538 g/mol. The van der Waals surface area contributed by atoms with Crippen LogP contribution in [0, 0.1) is 0 Å². The van der Waals surface area contributed by atoms with Gasteiger partial charge < -0.3 is 15.2 Å². The number of nitrogen functional groups attached to an aromatic ring is 1. The lowest BCUT2D eigenvalue weighted by Crippen LogP contribution is -2.36. The second kappa shape index (κ2) is 12.2. The van der Waals surface area contributed by atoms with Crippen molar-refractivity contribution in [2.75, 3.05) is 32.0 Å². The van der Waals surface area contributed by atoms with E-state index in [1.54, 1.807) is 6.92 Å². The third-order valence-electron chi connectivity index (χ3n) is 7.00. The number of nitrogens with one attached hydrogen (secondary N) is 1. The van der Waals surface area contributed by atoms with Crippen molar-refractivity contribution in [3.05, 3.63) is 89.2 Å². The molecule has 1 aliphatic heterocycles. The summed E-state index contributed by atoms with van der Waals surface area (Å²) in [5.74, 6) is 0.250. The highest BCUT2D eigenvalue weighted by Gasteiger charge is 2.26. The molecule has 214 valence electrons. The molecule has 3 heterocycles. The van der Waals surface area contributed by atoms with Gasteiger partial charge in [-0.3, -0.25) is 9.69 Å². The predicted molar refractivity (Wildman–Crippen MR) is 154 cm³/mol. The molecule has 0 spiro atoms. The number of anilines is 1. The number of hydrogen-bond acceptors (Lipinski definition) is 11. The minimum absolute atomic E-state index is 0.0192. The minimum Gasteiger partial charge on any atom is -0.489 e. The normalized spacial score (nSPS) is 14.3. The van der Waals surface area contributed by atoms with Crippen LogP contribution in [0.3, 0.4) is 0 Å². The number of nitrogens with two attached hydrogens (primary N) is 1. The van der Waals surface area contributed by atoms with Gasteiger partial charge in [-0.25, -0.2) is 10.1 Å². The average molecular weight is 568 g/mol. The van der Waals surface area contributed by atoms with Gasteiger partial charge in [-0.15, -0.1) is 5.10 Å². The van der Waals surface area contributed by atoms with Gasteiger partial charge in [-0.05, 0) is 63.4 Å². The molecule has 0 radical (unpaired) electrons. The van der Waals surface area contributed by atoms with Crippen molar-refractivity contribution in [3.8, 4) is 11.6 Å². The fourth-order valence-corrected chi connectivity index (χ4v) is 4.73. The molecule has 0 saturated carbocycles. The van der Waals surface area contributed by atoms with Crippen molar-refractivity contribution in [1.29, 1.82) is 0 Å². The average Bonchev–Trinajstić information content (AvgIpc) is 3.64. The molecule has 0 aliphatic carbocycles. The number of rotatable bonds is 9. The number of hydrogen-bond donors (Lipinski definition) is 2. The van der Waals surface area contributed by atoms with Crippen LogP contribution in [-0.2, 0) is 17.9 Å². The Labute approximate surface area is 240 Å². The maximum Gasteiger partial charge on any atom is 0.292 e. The van der Waals surface area contributed by atoms with Gasteiger partial charge in [-0.2, -0.15) is 9.78 Å². The molecule has 6 rings (SSSR count). The van der Waals surface area contributed by atoms with E-state index in [0.29, 0.717) is 50.9 Å². The molecule has 0 atom stereocenters. The molecule has 0 bridgehead atoms. The number of carbonyl (C=O) groups excluding carboxylic acids is 1. The first-order valence-corrected chi connectivity index (χ1v) is 13.4. The van der Waals surface area contributed by atoms with Crippen LogP contribution in [0.5, 0.6) is 5.75 Å². The van der Waals surface area contributed by atoms with Gasteiger partial charge in [0.05, 0.1) is 18.9 Å². The lowest BCUT2D eigenvalue weighted by Gasteiger charge is -2.25. The standard InChI is InChI=1S/C29H29N9O4/c1-19(20-9-11-23(12-10-20)41-18-22-7-4-6-21-5-2-3-8-24(21)22)31-33-29(39)26-25(17-37-13-15-40-16-14-37)32-36-38(26)28-27(30)34-42-35-28/h2-12H,13-18H2,1H3,(H2,30,34)(H,33,39)/b31-19-. The van der Waals surface area contributed by atoms with E-state index in [4.69, 9.17) is 19.8 Å². The SMILES string of the molecule is C/C(=N/NC(=O)c1c(CN2CCOCC2)nnn1-c1nonc1N)c1ccc(OCc2cccc3ccccc23)cc1. The van der Waals surface area contributed by atoms with Crippen molar-refractivity contribution in [2.45, 2.75) is 20.1 Å². The first kappa shape index (κ1) is 27.1. The zero-order chi connectivity index (χ0) is 28.9. The van der Waals surface area contributed by atoms with Crippen LogP contribution in [0.15, 0.2) is 76.5 Å². The molecule has 1 saturated heterocycles. The van der Waals surface area contributed by atoms with Gasteiger partial charge in [0, 0.05) is 19.6 Å². The summed E-state index contributed by atoms with van der Waals surface area (Å²) < 4.78 is 17.4. The quantitative estimate of drug-likeness (QED) is 0.200. The second-order valence-electron chi connectivity index (χ2n) is 9.75. The summed E-state index contributed by atoms with van der Waals surface area (Å²) in [4.78, 5) is 15.5. The van der Waals surface area contributed by atoms with E-state index in [9.17, 15) is 4.79 Å². The Morgan fingerprint density at radius 2 is 1.83 bits per heavy atom. The molecule has 13 nitrogen and oxygen atoms in total. The van der Waals surface area contributed by atoms with E-state index in [0.717, 1.165) is 16.9 Å². The molecule has 3 aromatic carbocycles. The van der Waals surface area contributed by atoms with Crippen LogP contribution < -0.4 is 15.9 Å². The largest absolute Gasteiger partial charge is 0.489 e. The van der Waals surface area contributed by atoms with E-state index < -0.39 is 5.91 Å². The molecule has 5 aromatic rings. The van der Waals surface area contributed by atoms with Crippen LogP contribution in [0.4, 0.5) is 5.82 Å². The van der Waals surface area contributed by atoms with Gasteiger partial charge in [0.25, 0.3) is 5.91 Å². The number of fused-ring (bicyclic) bond motifs is 1. The zero-order valence-electron chi connectivity index (χ0n) is 22.9. The summed E-state index contributed by atoms with van der Waals surface area (Å²) in [5.41, 5.74) is 11.6. The molecule has 1 fully saturated rings. The van der Waals surface area contributed by atoms with Crippen LogP contribution in [0.2, 0.25) is 0 Å². The highest BCUT2D eigenvalue weighted by Crippen LogP contribution is 2.22. The Morgan fingerprint density at radius 1 is 1.05 bits per heavy atom. The Kier molecular flexibility index (Phi) is 7.83. The second-order valence-corrected chi connectivity index (χ2v) is 9.75. The van der Waals surface area contributed by atoms with Crippen LogP contribution in [0.1, 0.15) is 34.2 Å². The van der Waals surface area contributed by atoms with Crippen LogP contribution in [0.25, 0.3) is 16.6 Å². The fourth-order valence-electron chi connectivity index (χ4n) is 4.73.